The van der Waals surface area contributed by atoms with E-state index in [4.69, 9.17) is 16.1 Å². The van der Waals surface area contributed by atoms with Crippen molar-refractivity contribution in [3.8, 4) is 10.6 Å². The average molecular weight is 377 g/mol. The van der Waals surface area contributed by atoms with Crippen molar-refractivity contribution in [1.82, 2.24) is 10.1 Å². The van der Waals surface area contributed by atoms with Gasteiger partial charge in [-0.05, 0) is 29.1 Å². The second-order valence-corrected chi connectivity index (χ2v) is 7.90. The Hall–Kier alpha value is -1.76. The maximum atomic E-state index is 12.9. The number of aromatic nitrogens is 1. The Balaban J connectivity index is 1.59. The molecule has 0 bridgehead atoms. The third-order valence-electron chi connectivity index (χ3n) is 3.78. The van der Waals surface area contributed by atoms with E-state index >= 15 is 0 Å². The van der Waals surface area contributed by atoms with E-state index in [0.717, 1.165) is 16.2 Å². The third kappa shape index (κ3) is 2.97. The van der Waals surface area contributed by atoms with Crippen LogP contribution in [-0.2, 0) is 0 Å². The summed E-state index contributed by atoms with van der Waals surface area (Å²) in [5.41, 5.74) is 1.37. The molecule has 3 heterocycles. The van der Waals surface area contributed by atoms with Crippen LogP contribution in [0.25, 0.3) is 10.6 Å². The number of hydrogen-bond acceptors (Lipinski definition) is 5. The van der Waals surface area contributed by atoms with E-state index in [1.54, 1.807) is 29.2 Å². The molecule has 1 aliphatic rings. The van der Waals surface area contributed by atoms with Crippen molar-refractivity contribution in [3.05, 3.63) is 64.1 Å². The molecule has 1 amide bonds. The van der Waals surface area contributed by atoms with E-state index in [1.165, 1.54) is 0 Å². The van der Waals surface area contributed by atoms with Gasteiger partial charge < -0.3 is 9.42 Å². The van der Waals surface area contributed by atoms with Gasteiger partial charge >= 0.3 is 0 Å². The van der Waals surface area contributed by atoms with Crippen LogP contribution in [0.1, 0.15) is 21.4 Å². The van der Waals surface area contributed by atoms with E-state index in [0.29, 0.717) is 23.0 Å². The molecule has 1 saturated heterocycles. The van der Waals surface area contributed by atoms with E-state index < -0.39 is 0 Å². The van der Waals surface area contributed by atoms with Crippen LogP contribution in [-0.4, -0.2) is 28.3 Å². The van der Waals surface area contributed by atoms with Crippen molar-refractivity contribution in [1.29, 1.82) is 0 Å². The highest BCUT2D eigenvalue weighted by Crippen LogP contribution is 2.39. The number of carbonyl (C=O) groups is 1. The standard InChI is InChI=1S/C17H13ClN2O2S2/c18-12-4-1-3-11(9-12)17-20(6-8-24-17)16(21)13-10-14(22-19-13)15-5-2-7-23-15/h1-5,7,9-10,17H,6,8H2. The minimum Gasteiger partial charge on any atom is -0.355 e. The summed E-state index contributed by atoms with van der Waals surface area (Å²) in [4.78, 5) is 15.6. The molecule has 3 aromatic rings. The van der Waals surface area contributed by atoms with Crippen LogP contribution < -0.4 is 0 Å². The normalized spacial score (nSPS) is 17.4. The zero-order valence-corrected chi connectivity index (χ0v) is 14.9. The maximum absolute atomic E-state index is 12.9. The molecule has 4 nitrogen and oxygen atoms in total. The topological polar surface area (TPSA) is 46.3 Å². The first-order valence-corrected chi connectivity index (χ1v) is 9.71. The first-order chi connectivity index (χ1) is 11.7. The van der Waals surface area contributed by atoms with Crippen molar-refractivity contribution >= 4 is 40.6 Å². The molecule has 4 rings (SSSR count). The van der Waals surface area contributed by atoms with Gasteiger partial charge in [-0.15, -0.1) is 23.1 Å². The second-order valence-electron chi connectivity index (χ2n) is 5.33. The van der Waals surface area contributed by atoms with Gasteiger partial charge in [0.2, 0.25) is 0 Å². The maximum Gasteiger partial charge on any atom is 0.277 e. The molecule has 0 aliphatic carbocycles. The number of benzene rings is 1. The van der Waals surface area contributed by atoms with Gasteiger partial charge in [-0.25, -0.2) is 0 Å². The van der Waals surface area contributed by atoms with Crippen molar-refractivity contribution in [3.63, 3.8) is 0 Å². The summed E-state index contributed by atoms with van der Waals surface area (Å²) in [5, 5.41) is 6.56. The lowest BCUT2D eigenvalue weighted by Gasteiger charge is -2.23. The Kier molecular flexibility index (Phi) is 4.35. The largest absolute Gasteiger partial charge is 0.355 e. The highest BCUT2D eigenvalue weighted by Gasteiger charge is 2.33. The lowest BCUT2D eigenvalue weighted by molar-refractivity contribution is 0.0750. The van der Waals surface area contributed by atoms with Crippen molar-refractivity contribution in [2.75, 3.05) is 12.3 Å². The SMILES string of the molecule is O=C(c1cc(-c2cccs2)on1)N1CCSC1c1cccc(Cl)c1. The molecule has 0 spiro atoms. The third-order valence-corrected chi connectivity index (χ3v) is 6.16. The molecular weight excluding hydrogens is 364 g/mol. The van der Waals surface area contributed by atoms with Gasteiger partial charge in [0.1, 0.15) is 5.37 Å². The molecule has 0 radical (unpaired) electrons. The summed E-state index contributed by atoms with van der Waals surface area (Å²) >= 11 is 9.37. The zero-order chi connectivity index (χ0) is 16.5. The number of thioether (sulfide) groups is 1. The van der Waals surface area contributed by atoms with E-state index in [9.17, 15) is 4.79 Å². The van der Waals surface area contributed by atoms with Crippen LogP contribution >= 0.6 is 34.7 Å². The van der Waals surface area contributed by atoms with E-state index in [1.807, 2.05) is 46.7 Å². The van der Waals surface area contributed by atoms with Gasteiger partial charge in [0.05, 0.1) is 4.88 Å². The van der Waals surface area contributed by atoms with Crippen molar-refractivity contribution in [2.45, 2.75) is 5.37 Å². The number of rotatable bonds is 3. The Morgan fingerprint density at radius 3 is 3.00 bits per heavy atom. The van der Waals surface area contributed by atoms with Gasteiger partial charge in [-0.2, -0.15) is 0 Å². The minimum atomic E-state index is -0.114. The molecule has 1 atom stereocenters. The highest BCUT2D eigenvalue weighted by molar-refractivity contribution is 7.99. The first kappa shape index (κ1) is 15.7. The molecule has 1 unspecified atom stereocenters. The van der Waals surface area contributed by atoms with Gasteiger partial charge in [-0.3, -0.25) is 4.79 Å². The Morgan fingerprint density at radius 2 is 2.21 bits per heavy atom. The molecule has 1 aromatic carbocycles. The number of nitrogens with zero attached hydrogens (tertiary/aromatic N) is 2. The average Bonchev–Trinajstić information content (AvgIpc) is 3.33. The van der Waals surface area contributed by atoms with Crippen LogP contribution in [0, 0.1) is 0 Å². The predicted octanol–water partition coefficient (Wildman–Crippen LogP) is 4.94. The smallest absolute Gasteiger partial charge is 0.277 e. The molecule has 1 fully saturated rings. The van der Waals surface area contributed by atoms with Gasteiger partial charge in [-0.1, -0.05) is 35.0 Å². The Bertz CT molecular complexity index is 863. The monoisotopic (exact) mass is 376 g/mol. The number of hydrogen-bond donors (Lipinski definition) is 0. The fourth-order valence-electron chi connectivity index (χ4n) is 2.67. The first-order valence-electron chi connectivity index (χ1n) is 7.41. The molecule has 0 saturated carbocycles. The lowest BCUT2D eigenvalue weighted by atomic mass is 10.2. The Labute approximate surface area is 152 Å². The molecule has 0 N–H and O–H groups in total. The van der Waals surface area contributed by atoms with Crippen molar-refractivity contribution < 1.29 is 9.32 Å². The highest BCUT2D eigenvalue weighted by atomic mass is 35.5. The van der Waals surface area contributed by atoms with E-state index in [-0.39, 0.29) is 11.3 Å². The summed E-state index contributed by atoms with van der Waals surface area (Å²) < 4.78 is 5.33. The van der Waals surface area contributed by atoms with E-state index in [2.05, 4.69) is 5.16 Å². The fraction of sp³-hybridized carbons (Fsp3) is 0.176. The van der Waals surface area contributed by atoms with Crippen molar-refractivity contribution in [2.24, 2.45) is 0 Å². The molecule has 24 heavy (non-hydrogen) atoms. The summed E-state index contributed by atoms with van der Waals surface area (Å²) in [6, 6.07) is 13.2. The molecule has 7 heteroatoms. The minimum absolute atomic E-state index is 0.0434. The summed E-state index contributed by atoms with van der Waals surface area (Å²) in [7, 11) is 0. The molecule has 2 aromatic heterocycles. The molecule has 1 aliphatic heterocycles. The summed E-state index contributed by atoms with van der Waals surface area (Å²) in [6.07, 6.45) is 0. The molecular formula is C17H13ClN2O2S2. The number of amides is 1. The number of carbonyl (C=O) groups excluding carboxylic acids is 1. The summed E-state index contributed by atoms with van der Waals surface area (Å²) in [5.74, 6) is 1.40. The quantitative estimate of drug-likeness (QED) is 0.649. The number of thiophene rings is 1. The zero-order valence-electron chi connectivity index (χ0n) is 12.5. The second kappa shape index (κ2) is 6.63. The lowest BCUT2D eigenvalue weighted by Crippen LogP contribution is -2.30. The fourth-order valence-corrected chi connectivity index (χ4v) is 4.79. The number of halogens is 1. The van der Waals surface area contributed by atoms with Gasteiger partial charge in [0.25, 0.3) is 5.91 Å². The van der Waals surface area contributed by atoms with Gasteiger partial charge in [0.15, 0.2) is 11.5 Å². The van der Waals surface area contributed by atoms with Crippen LogP contribution in [0.4, 0.5) is 0 Å². The van der Waals surface area contributed by atoms with Crippen LogP contribution in [0.2, 0.25) is 5.02 Å². The predicted molar refractivity (Wildman–Crippen MR) is 97.5 cm³/mol. The van der Waals surface area contributed by atoms with Crippen LogP contribution in [0.3, 0.4) is 0 Å². The summed E-state index contributed by atoms with van der Waals surface area (Å²) in [6.45, 7) is 0.682. The Morgan fingerprint density at radius 1 is 1.29 bits per heavy atom. The van der Waals surface area contributed by atoms with Crippen LogP contribution in [0.5, 0.6) is 0 Å². The van der Waals surface area contributed by atoms with Crippen LogP contribution in [0.15, 0.2) is 52.4 Å². The molecule has 122 valence electrons. The van der Waals surface area contributed by atoms with Gasteiger partial charge in [0, 0.05) is 23.4 Å².